The molecule has 7 nitrogen and oxygen atoms in total. The molecule has 0 aromatic carbocycles. The molecule has 1 atom stereocenters. The van der Waals surface area contributed by atoms with E-state index in [-0.39, 0.29) is 17.2 Å². The molecule has 2 saturated heterocycles. The molecule has 7 heteroatoms. The maximum Gasteiger partial charge on any atom is 0.274 e. The Morgan fingerprint density at radius 3 is 2.83 bits per heavy atom. The van der Waals surface area contributed by atoms with Crippen LogP contribution < -0.4 is 0 Å². The first-order valence-electron chi connectivity index (χ1n) is 8.65. The number of methoxy groups -OCH3 is 1. The van der Waals surface area contributed by atoms with Crippen LogP contribution in [-0.2, 0) is 9.53 Å². The van der Waals surface area contributed by atoms with Gasteiger partial charge in [-0.25, -0.2) is 0 Å². The van der Waals surface area contributed by atoms with Gasteiger partial charge in [0.05, 0.1) is 12.0 Å². The summed E-state index contributed by atoms with van der Waals surface area (Å²) >= 11 is 0. The minimum atomic E-state index is -0.287. The van der Waals surface area contributed by atoms with Gasteiger partial charge in [0.2, 0.25) is 5.91 Å². The van der Waals surface area contributed by atoms with Gasteiger partial charge in [0.1, 0.15) is 5.69 Å². The van der Waals surface area contributed by atoms with Crippen molar-refractivity contribution < 1.29 is 14.3 Å². The second-order valence-corrected chi connectivity index (χ2v) is 6.90. The summed E-state index contributed by atoms with van der Waals surface area (Å²) in [6.45, 7) is 5.23. The van der Waals surface area contributed by atoms with Crippen molar-refractivity contribution in [1.82, 2.24) is 20.0 Å². The summed E-state index contributed by atoms with van der Waals surface area (Å²) in [7, 11) is 1.65. The number of hydrogen-bond acceptors (Lipinski definition) is 4. The van der Waals surface area contributed by atoms with Crippen molar-refractivity contribution in [2.24, 2.45) is 5.41 Å². The number of hydrogen-bond donors (Lipinski definition) is 1. The molecule has 2 aliphatic rings. The van der Waals surface area contributed by atoms with E-state index in [1.54, 1.807) is 13.2 Å². The zero-order valence-corrected chi connectivity index (χ0v) is 14.5. The molecule has 132 valence electrons. The van der Waals surface area contributed by atoms with Crippen molar-refractivity contribution >= 4 is 11.8 Å². The Labute approximate surface area is 142 Å². The first-order valence-corrected chi connectivity index (χ1v) is 8.65. The lowest BCUT2D eigenvalue weighted by Crippen LogP contribution is -2.37. The van der Waals surface area contributed by atoms with Crippen LogP contribution in [0.4, 0.5) is 0 Å². The lowest BCUT2D eigenvalue weighted by molar-refractivity contribution is -0.137. The van der Waals surface area contributed by atoms with E-state index in [9.17, 15) is 9.59 Å². The fourth-order valence-electron chi connectivity index (χ4n) is 3.86. The average Bonchev–Trinajstić information content (AvgIpc) is 3.05. The highest BCUT2D eigenvalue weighted by Crippen LogP contribution is 2.41. The molecule has 2 amide bonds. The standard InChI is InChI=1S/C17H26N4O3/c1-13-12-14(19-18-13)15(22)20-7-3-4-17(5-8-20)6-9-21(16(17)23)10-11-24-2/h12H,3-11H2,1-2H3,(H,18,19). The fraction of sp³-hybridized carbons (Fsp3) is 0.706. The molecule has 0 radical (unpaired) electrons. The van der Waals surface area contributed by atoms with Crippen LogP contribution in [0.25, 0.3) is 0 Å². The summed E-state index contributed by atoms with van der Waals surface area (Å²) in [6.07, 6.45) is 3.35. The van der Waals surface area contributed by atoms with Crippen LogP contribution >= 0.6 is 0 Å². The number of H-pyrrole nitrogens is 1. The molecule has 1 spiro atoms. The van der Waals surface area contributed by atoms with Gasteiger partial charge in [-0.1, -0.05) is 0 Å². The molecule has 3 rings (SSSR count). The lowest BCUT2D eigenvalue weighted by Gasteiger charge is -2.26. The predicted octanol–water partition coefficient (Wildman–Crippen LogP) is 1.21. The van der Waals surface area contributed by atoms with Crippen molar-refractivity contribution in [2.45, 2.75) is 32.6 Å². The molecular weight excluding hydrogens is 308 g/mol. The van der Waals surface area contributed by atoms with Gasteiger partial charge in [-0.3, -0.25) is 14.7 Å². The predicted molar refractivity (Wildman–Crippen MR) is 88.6 cm³/mol. The summed E-state index contributed by atoms with van der Waals surface area (Å²) in [4.78, 5) is 29.2. The van der Waals surface area contributed by atoms with Crippen molar-refractivity contribution in [3.8, 4) is 0 Å². The molecule has 1 unspecified atom stereocenters. The monoisotopic (exact) mass is 334 g/mol. The number of nitrogens with one attached hydrogen (secondary N) is 1. The number of nitrogens with zero attached hydrogens (tertiary/aromatic N) is 3. The van der Waals surface area contributed by atoms with Crippen LogP contribution in [0.3, 0.4) is 0 Å². The molecular formula is C17H26N4O3. The minimum absolute atomic E-state index is 0.0434. The van der Waals surface area contributed by atoms with E-state index in [0.29, 0.717) is 31.9 Å². The molecule has 1 aromatic rings. The Morgan fingerprint density at radius 2 is 2.12 bits per heavy atom. The molecule has 2 fully saturated rings. The summed E-state index contributed by atoms with van der Waals surface area (Å²) in [5, 5.41) is 6.88. The normalized spacial score (nSPS) is 24.7. The third-order valence-electron chi connectivity index (χ3n) is 5.32. The second kappa shape index (κ2) is 6.93. The number of carbonyl (C=O) groups is 2. The molecule has 2 aliphatic heterocycles. The maximum atomic E-state index is 12.8. The number of amides is 2. The molecule has 1 N–H and O–H groups in total. The van der Waals surface area contributed by atoms with E-state index in [0.717, 1.165) is 37.9 Å². The van der Waals surface area contributed by atoms with Crippen LogP contribution in [-0.4, -0.2) is 71.7 Å². The quantitative estimate of drug-likeness (QED) is 0.898. The Morgan fingerprint density at radius 1 is 1.33 bits per heavy atom. The zero-order chi connectivity index (χ0) is 17.2. The van der Waals surface area contributed by atoms with E-state index in [1.165, 1.54) is 0 Å². The maximum absolute atomic E-state index is 12.8. The van der Waals surface area contributed by atoms with Crippen LogP contribution in [0.2, 0.25) is 0 Å². The fourth-order valence-corrected chi connectivity index (χ4v) is 3.86. The van der Waals surface area contributed by atoms with Crippen molar-refractivity contribution in [1.29, 1.82) is 0 Å². The van der Waals surface area contributed by atoms with E-state index in [4.69, 9.17) is 4.74 Å². The Kier molecular flexibility index (Phi) is 4.89. The summed E-state index contributed by atoms with van der Waals surface area (Å²) in [5.74, 6) is 0.197. The molecule has 24 heavy (non-hydrogen) atoms. The van der Waals surface area contributed by atoms with Crippen LogP contribution in [0.1, 0.15) is 41.9 Å². The molecule has 3 heterocycles. The number of aromatic nitrogens is 2. The third kappa shape index (κ3) is 3.17. The molecule has 1 aromatic heterocycles. The van der Waals surface area contributed by atoms with E-state index in [1.807, 2.05) is 16.7 Å². The summed E-state index contributed by atoms with van der Waals surface area (Å²) in [5.41, 5.74) is 1.05. The van der Waals surface area contributed by atoms with E-state index < -0.39 is 0 Å². The Hall–Kier alpha value is -1.89. The number of aromatic amines is 1. The second-order valence-electron chi connectivity index (χ2n) is 6.90. The first-order chi connectivity index (χ1) is 11.6. The van der Waals surface area contributed by atoms with Gasteiger partial charge in [-0.05, 0) is 38.7 Å². The van der Waals surface area contributed by atoms with Gasteiger partial charge in [0.25, 0.3) is 5.91 Å². The largest absolute Gasteiger partial charge is 0.383 e. The number of likely N-dealkylation sites (tertiary alicyclic amines) is 2. The number of ether oxygens (including phenoxy) is 1. The first kappa shape index (κ1) is 17.0. The SMILES string of the molecule is COCCN1CCC2(CCCN(C(=O)c3cc(C)[nH]n3)CC2)C1=O. The van der Waals surface area contributed by atoms with Gasteiger partial charge < -0.3 is 14.5 Å². The van der Waals surface area contributed by atoms with Crippen LogP contribution in [0.5, 0.6) is 0 Å². The van der Waals surface area contributed by atoms with E-state index >= 15 is 0 Å². The molecule has 0 saturated carbocycles. The van der Waals surface area contributed by atoms with Gasteiger partial charge in [-0.15, -0.1) is 0 Å². The highest BCUT2D eigenvalue weighted by atomic mass is 16.5. The highest BCUT2D eigenvalue weighted by molar-refractivity contribution is 5.92. The van der Waals surface area contributed by atoms with Crippen molar-refractivity contribution in [2.75, 3.05) is 39.9 Å². The average molecular weight is 334 g/mol. The van der Waals surface area contributed by atoms with Crippen LogP contribution in [0.15, 0.2) is 6.07 Å². The smallest absolute Gasteiger partial charge is 0.274 e. The minimum Gasteiger partial charge on any atom is -0.383 e. The van der Waals surface area contributed by atoms with E-state index in [2.05, 4.69) is 10.2 Å². The number of rotatable bonds is 4. The van der Waals surface area contributed by atoms with Gasteiger partial charge >= 0.3 is 0 Å². The number of aryl methyl sites for hydroxylation is 1. The van der Waals surface area contributed by atoms with Gasteiger partial charge in [-0.2, -0.15) is 5.10 Å². The van der Waals surface area contributed by atoms with Gasteiger partial charge in [0, 0.05) is 39.0 Å². The third-order valence-corrected chi connectivity index (χ3v) is 5.32. The Bertz CT molecular complexity index is 615. The highest BCUT2D eigenvalue weighted by Gasteiger charge is 2.47. The topological polar surface area (TPSA) is 78.5 Å². The van der Waals surface area contributed by atoms with Gasteiger partial charge in [0.15, 0.2) is 0 Å². The molecule has 0 bridgehead atoms. The molecule has 0 aliphatic carbocycles. The van der Waals surface area contributed by atoms with Crippen molar-refractivity contribution in [3.05, 3.63) is 17.5 Å². The zero-order valence-electron chi connectivity index (χ0n) is 14.5. The number of carbonyl (C=O) groups excluding carboxylic acids is 2. The lowest BCUT2D eigenvalue weighted by atomic mass is 9.79. The van der Waals surface area contributed by atoms with Crippen molar-refractivity contribution in [3.63, 3.8) is 0 Å². The summed E-state index contributed by atoms with van der Waals surface area (Å²) < 4.78 is 5.10. The Balaban J connectivity index is 1.65. The summed E-state index contributed by atoms with van der Waals surface area (Å²) in [6, 6.07) is 1.77. The van der Waals surface area contributed by atoms with Crippen LogP contribution in [0, 0.1) is 12.3 Å².